The molecule has 2 rings (SSSR count). The van der Waals surface area contributed by atoms with Gasteiger partial charge in [0.05, 0.1) is 14.2 Å². The number of benzene rings is 2. The van der Waals surface area contributed by atoms with E-state index in [1.54, 1.807) is 14.2 Å². The zero-order valence-electron chi connectivity index (χ0n) is 13.3. The fourth-order valence-electron chi connectivity index (χ4n) is 2.42. The zero-order valence-corrected chi connectivity index (χ0v) is 13.3. The Morgan fingerprint density at radius 1 is 1.05 bits per heavy atom. The summed E-state index contributed by atoms with van der Waals surface area (Å²) in [6, 6.07) is 15.6. The maximum Gasteiger partial charge on any atom is 0.131 e. The summed E-state index contributed by atoms with van der Waals surface area (Å²) in [5, 5.41) is 12.5. The van der Waals surface area contributed by atoms with Crippen molar-refractivity contribution in [2.24, 2.45) is 0 Å². The lowest BCUT2D eigenvalue weighted by molar-refractivity contribution is -0.709. The van der Waals surface area contributed by atoms with Gasteiger partial charge in [0.2, 0.25) is 0 Å². The van der Waals surface area contributed by atoms with E-state index in [0.29, 0.717) is 0 Å². The van der Waals surface area contributed by atoms with Crippen molar-refractivity contribution in [3.63, 3.8) is 0 Å². The average Bonchev–Trinajstić information content (AvgIpc) is 2.59. The lowest BCUT2D eigenvalue weighted by atomic mass is 10.0. The summed E-state index contributed by atoms with van der Waals surface area (Å²) in [5.74, 6) is 1.58. The third kappa shape index (κ3) is 4.00. The van der Waals surface area contributed by atoms with Crippen LogP contribution in [0.15, 0.2) is 48.5 Å². The third-order valence-corrected chi connectivity index (χ3v) is 3.84. The first-order valence-corrected chi connectivity index (χ1v) is 7.43. The predicted molar refractivity (Wildman–Crippen MR) is 86.0 cm³/mol. The van der Waals surface area contributed by atoms with Crippen molar-refractivity contribution in [1.82, 2.24) is 0 Å². The van der Waals surface area contributed by atoms with Crippen LogP contribution in [-0.2, 0) is 6.54 Å². The molecule has 0 heterocycles. The highest BCUT2D eigenvalue weighted by Crippen LogP contribution is 2.24. The van der Waals surface area contributed by atoms with Gasteiger partial charge in [-0.05, 0) is 24.6 Å². The van der Waals surface area contributed by atoms with Gasteiger partial charge in [0.1, 0.15) is 30.2 Å². The summed E-state index contributed by atoms with van der Waals surface area (Å²) in [4.78, 5) is 0. The molecule has 2 aromatic carbocycles. The van der Waals surface area contributed by atoms with Crippen molar-refractivity contribution in [3.05, 3.63) is 59.7 Å². The Kier molecular flexibility index (Phi) is 5.81. The first-order chi connectivity index (χ1) is 10.7. The Hall–Kier alpha value is -2.04. The minimum Gasteiger partial charge on any atom is -0.497 e. The van der Waals surface area contributed by atoms with E-state index in [0.717, 1.165) is 29.2 Å². The molecule has 22 heavy (non-hydrogen) atoms. The fourth-order valence-corrected chi connectivity index (χ4v) is 2.42. The van der Waals surface area contributed by atoms with Crippen molar-refractivity contribution in [2.45, 2.75) is 25.6 Å². The molecule has 2 aromatic rings. The second-order valence-corrected chi connectivity index (χ2v) is 5.33. The molecule has 118 valence electrons. The molecule has 0 aliphatic heterocycles. The highest BCUT2D eigenvalue weighted by Gasteiger charge is 2.19. The van der Waals surface area contributed by atoms with Crippen LogP contribution in [0.2, 0.25) is 0 Å². The molecule has 0 aliphatic rings. The van der Waals surface area contributed by atoms with Gasteiger partial charge in [-0.15, -0.1) is 0 Å². The maximum absolute atomic E-state index is 10.4. The molecular formula is C18H24NO3+. The van der Waals surface area contributed by atoms with Gasteiger partial charge in [0.15, 0.2) is 0 Å². The quantitative estimate of drug-likeness (QED) is 0.821. The first kappa shape index (κ1) is 16.3. The minimum atomic E-state index is -0.495. The zero-order chi connectivity index (χ0) is 15.9. The topological polar surface area (TPSA) is 55.3 Å². The van der Waals surface area contributed by atoms with Crippen LogP contribution in [0.5, 0.6) is 11.5 Å². The second-order valence-electron chi connectivity index (χ2n) is 5.33. The van der Waals surface area contributed by atoms with Gasteiger partial charge >= 0.3 is 0 Å². The van der Waals surface area contributed by atoms with Crippen molar-refractivity contribution < 1.29 is 19.9 Å². The summed E-state index contributed by atoms with van der Waals surface area (Å²) in [7, 11) is 3.29. The molecule has 2 atom stereocenters. The van der Waals surface area contributed by atoms with Gasteiger partial charge in [0, 0.05) is 11.6 Å². The van der Waals surface area contributed by atoms with E-state index in [1.807, 2.05) is 55.5 Å². The van der Waals surface area contributed by atoms with E-state index in [1.165, 1.54) is 0 Å². The Morgan fingerprint density at radius 3 is 2.41 bits per heavy atom. The molecule has 0 amide bonds. The van der Waals surface area contributed by atoms with Crippen LogP contribution in [0.4, 0.5) is 0 Å². The normalized spacial score (nSPS) is 13.5. The summed E-state index contributed by atoms with van der Waals surface area (Å²) in [6.07, 6.45) is -0.495. The largest absolute Gasteiger partial charge is 0.497 e. The lowest BCUT2D eigenvalue weighted by Gasteiger charge is -2.18. The molecule has 4 nitrogen and oxygen atoms in total. The standard InChI is InChI=1S/C18H23NO3/c1-13(18(20)14-7-5-4-6-8-14)19-12-15-9-10-16(21-2)11-17(15)22-3/h4-11,13,18-20H,12H2,1-3H3/p+1/t13-,18+/m0/s1. The van der Waals surface area contributed by atoms with Crippen LogP contribution in [0, 0.1) is 0 Å². The van der Waals surface area contributed by atoms with Crippen LogP contribution in [0.1, 0.15) is 24.2 Å². The highest BCUT2D eigenvalue weighted by atomic mass is 16.5. The van der Waals surface area contributed by atoms with E-state index in [4.69, 9.17) is 9.47 Å². The van der Waals surface area contributed by atoms with E-state index >= 15 is 0 Å². The Labute approximate surface area is 131 Å². The Balaban J connectivity index is 2.00. The molecule has 3 N–H and O–H groups in total. The molecule has 0 aliphatic carbocycles. The van der Waals surface area contributed by atoms with E-state index < -0.39 is 6.10 Å². The molecule has 0 radical (unpaired) electrons. The number of nitrogens with two attached hydrogens (primary N) is 1. The summed E-state index contributed by atoms with van der Waals surface area (Å²) < 4.78 is 10.6. The van der Waals surface area contributed by atoms with Crippen LogP contribution in [0.3, 0.4) is 0 Å². The number of methoxy groups -OCH3 is 2. The summed E-state index contributed by atoms with van der Waals surface area (Å²) in [6.45, 7) is 2.76. The number of hydrogen-bond acceptors (Lipinski definition) is 3. The number of ether oxygens (including phenoxy) is 2. The van der Waals surface area contributed by atoms with E-state index in [-0.39, 0.29) is 6.04 Å². The number of aliphatic hydroxyl groups is 1. The average molecular weight is 302 g/mol. The SMILES string of the molecule is COc1ccc(C[NH2+][C@@H](C)[C@@H](O)c2ccccc2)c(OC)c1. The van der Waals surface area contributed by atoms with Crippen molar-refractivity contribution >= 4 is 0 Å². The first-order valence-electron chi connectivity index (χ1n) is 7.43. The molecule has 0 saturated heterocycles. The van der Waals surface area contributed by atoms with Gasteiger partial charge in [-0.2, -0.15) is 0 Å². The molecule has 0 unspecified atom stereocenters. The van der Waals surface area contributed by atoms with Gasteiger partial charge in [-0.1, -0.05) is 30.3 Å². The number of aliphatic hydroxyl groups excluding tert-OH is 1. The van der Waals surface area contributed by atoms with Gasteiger partial charge < -0.3 is 19.9 Å². The van der Waals surface area contributed by atoms with Crippen LogP contribution < -0.4 is 14.8 Å². The summed E-state index contributed by atoms with van der Waals surface area (Å²) in [5.41, 5.74) is 2.02. The molecule has 4 heteroatoms. The second kappa shape index (κ2) is 7.82. The number of quaternary nitrogens is 1. The molecule has 0 aromatic heterocycles. The highest BCUT2D eigenvalue weighted by molar-refractivity contribution is 5.40. The molecular weight excluding hydrogens is 278 g/mol. The Morgan fingerprint density at radius 2 is 1.77 bits per heavy atom. The minimum absolute atomic E-state index is 0.0502. The molecule has 0 spiro atoms. The van der Waals surface area contributed by atoms with Crippen LogP contribution >= 0.6 is 0 Å². The van der Waals surface area contributed by atoms with Crippen LogP contribution in [0.25, 0.3) is 0 Å². The van der Waals surface area contributed by atoms with Gasteiger partial charge in [-0.25, -0.2) is 0 Å². The lowest BCUT2D eigenvalue weighted by Crippen LogP contribution is -2.89. The molecule has 0 fully saturated rings. The van der Waals surface area contributed by atoms with Crippen LogP contribution in [-0.4, -0.2) is 25.4 Å². The van der Waals surface area contributed by atoms with E-state index in [2.05, 4.69) is 5.32 Å². The van der Waals surface area contributed by atoms with Gasteiger partial charge in [0.25, 0.3) is 0 Å². The van der Waals surface area contributed by atoms with Crippen molar-refractivity contribution in [3.8, 4) is 11.5 Å². The smallest absolute Gasteiger partial charge is 0.131 e. The fraction of sp³-hybridized carbons (Fsp3) is 0.333. The monoisotopic (exact) mass is 302 g/mol. The Bertz CT molecular complexity index is 586. The van der Waals surface area contributed by atoms with Crippen molar-refractivity contribution in [2.75, 3.05) is 14.2 Å². The number of rotatable bonds is 7. The molecule has 0 bridgehead atoms. The number of hydrogen-bond donors (Lipinski definition) is 2. The van der Waals surface area contributed by atoms with Gasteiger partial charge in [-0.3, -0.25) is 0 Å². The molecule has 0 saturated carbocycles. The van der Waals surface area contributed by atoms with E-state index in [9.17, 15) is 5.11 Å². The predicted octanol–water partition coefficient (Wildman–Crippen LogP) is 1.89. The maximum atomic E-state index is 10.4. The third-order valence-electron chi connectivity index (χ3n) is 3.84. The summed E-state index contributed by atoms with van der Waals surface area (Å²) >= 11 is 0. The van der Waals surface area contributed by atoms with Crippen molar-refractivity contribution in [1.29, 1.82) is 0 Å².